The summed E-state index contributed by atoms with van der Waals surface area (Å²) in [4.78, 5) is 2.21. The minimum absolute atomic E-state index is 0.391. The Hall–Kier alpha value is -1.06. The number of nitrogens with zero attached hydrogens (tertiary/aromatic N) is 1. The van der Waals surface area contributed by atoms with E-state index in [1.807, 2.05) is 0 Å². The molecule has 0 saturated heterocycles. The van der Waals surface area contributed by atoms with Crippen LogP contribution in [0.5, 0.6) is 5.75 Å². The summed E-state index contributed by atoms with van der Waals surface area (Å²) in [6.45, 7) is 7.29. The molecule has 0 spiro atoms. The SMILES string of the molecule is CCCOc1ccc(C(C)NCCCN(C)C)cc1. The summed E-state index contributed by atoms with van der Waals surface area (Å²) in [6, 6.07) is 8.80. The fourth-order valence-electron chi connectivity index (χ4n) is 1.90. The van der Waals surface area contributed by atoms with Gasteiger partial charge in [-0.2, -0.15) is 0 Å². The zero-order valence-electron chi connectivity index (χ0n) is 12.8. The summed E-state index contributed by atoms with van der Waals surface area (Å²) in [5.74, 6) is 0.963. The molecule has 0 saturated carbocycles. The average Bonchev–Trinajstić information content (AvgIpc) is 2.41. The lowest BCUT2D eigenvalue weighted by atomic mass is 10.1. The smallest absolute Gasteiger partial charge is 0.119 e. The van der Waals surface area contributed by atoms with Gasteiger partial charge in [0.2, 0.25) is 0 Å². The minimum Gasteiger partial charge on any atom is -0.494 e. The van der Waals surface area contributed by atoms with Crippen LogP contribution in [0.4, 0.5) is 0 Å². The molecule has 0 radical (unpaired) electrons. The van der Waals surface area contributed by atoms with Crippen LogP contribution < -0.4 is 10.1 Å². The Bertz CT molecular complexity index is 335. The monoisotopic (exact) mass is 264 g/mol. The topological polar surface area (TPSA) is 24.5 Å². The molecule has 3 nitrogen and oxygen atoms in total. The van der Waals surface area contributed by atoms with E-state index >= 15 is 0 Å². The zero-order valence-corrected chi connectivity index (χ0v) is 12.8. The van der Waals surface area contributed by atoms with E-state index in [1.165, 1.54) is 12.0 Å². The average molecular weight is 264 g/mol. The summed E-state index contributed by atoms with van der Waals surface area (Å²) >= 11 is 0. The Morgan fingerprint density at radius 2 is 1.89 bits per heavy atom. The van der Waals surface area contributed by atoms with Crippen LogP contribution in [0.1, 0.15) is 38.3 Å². The van der Waals surface area contributed by atoms with Crippen molar-refractivity contribution in [3.8, 4) is 5.75 Å². The first kappa shape index (κ1) is 16.0. The third-order valence-corrected chi connectivity index (χ3v) is 3.09. The molecule has 1 N–H and O–H groups in total. The van der Waals surface area contributed by atoms with Gasteiger partial charge in [-0.1, -0.05) is 19.1 Å². The van der Waals surface area contributed by atoms with Crippen LogP contribution in [-0.2, 0) is 0 Å². The van der Waals surface area contributed by atoms with Crippen molar-refractivity contribution < 1.29 is 4.74 Å². The van der Waals surface area contributed by atoms with E-state index in [2.05, 4.69) is 62.4 Å². The van der Waals surface area contributed by atoms with Gasteiger partial charge in [0.1, 0.15) is 5.75 Å². The maximum atomic E-state index is 5.59. The number of hydrogen-bond acceptors (Lipinski definition) is 3. The minimum atomic E-state index is 0.391. The van der Waals surface area contributed by atoms with Crippen molar-refractivity contribution in [2.75, 3.05) is 33.8 Å². The highest BCUT2D eigenvalue weighted by Gasteiger charge is 2.04. The molecule has 0 aliphatic heterocycles. The summed E-state index contributed by atoms with van der Waals surface area (Å²) in [7, 11) is 4.22. The van der Waals surface area contributed by atoms with E-state index in [-0.39, 0.29) is 0 Å². The molecule has 108 valence electrons. The third kappa shape index (κ3) is 6.60. The fraction of sp³-hybridized carbons (Fsp3) is 0.625. The number of hydrogen-bond donors (Lipinski definition) is 1. The summed E-state index contributed by atoms with van der Waals surface area (Å²) in [6.07, 6.45) is 2.22. The van der Waals surface area contributed by atoms with Crippen LogP contribution >= 0.6 is 0 Å². The second-order valence-electron chi connectivity index (χ2n) is 5.25. The van der Waals surface area contributed by atoms with Gasteiger partial charge in [-0.05, 0) is 64.6 Å². The first-order chi connectivity index (χ1) is 9.13. The standard InChI is InChI=1S/C16H28N2O/c1-5-13-19-16-9-7-15(8-10-16)14(2)17-11-6-12-18(3)4/h7-10,14,17H,5-6,11-13H2,1-4H3. The van der Waals surface area contributed by atoms with Gasteiger partial charge in [0.05, 0.1) is 6.61 Å². The van der Waals surface area contributed by atoms with Gasteiger partial charge in [-0.25, -0.2) is 0 Å². The predicted molar refractivity (Wildman–Crippen MR) is 81.8 cm³/mol. The molecule has 0 aliphatic rings. The van der Waals surface area contributed by atoms with Crippen LogP contribution in [0.3, 0.4) is 0 Å². The van der Waals surface area contributed by atoms with E-state index in [4.69, 9.17) is 4.74 Å². The van der Waals surface area contributed by atoms with Crippen molar-refractivity contribution in [1.82, 2.24) is 10.2 Å². The molecule has 0 fully saturated rings. The molecular weight excluding hydrogens is 236 g/mol. The highest BCUT2D eigenvalue weighted by molar-refractivity contribution is 5.28. The quantitative estimate of drug-likeness (QED) is 0.694. The molecule has 0 amide bonds. The Morgan fingerprint density at radius 3 is 2.47 bits per heavy atom. The van der Waals surface area contributed by atoms with Crippen molar-refractivity contribution in [1.29, 1.82) is 0 Å². The molecular formula is C16H28N2O. The Balaban J connectivity index is 2.33. The molecule has 19 heavy (non-hydrogen) atoms. The van der Waals surface area contributed by atoms with Crippen LogP contribution in [0.2, 0.25) is 0 Å². The van der Waals surface area contributed by atoms with E-state index in [1.54, 1.807) is 0 Å². The van der Waals surface area contributed by atoms with Gasteiger partial charge in [-0.3, -0.25) is 0 Å². The maximum absolute atomic E-state index is 5.59. The molecule has 0 bridgehead atoms. The predicted octanol–water partition coefficient (Wildman–Crippen LogP) is 3.08. The van der Waals surface area contributed by atoms with Crippen LogP contribution in [-0.4, -0.2) is 38.7 Å². The van der Waals surface area contributed by atoms with Crippen LogP contribution in [0, 0.1) is 0 Å². The number of nitrogens with one attached hydrogen (secondary N) is 1. The van der Waals surface area contributed by atoms with Gasteiger partial charge in [0, 0.05) is 6.04 Å². The molecule has 0 aliphatic carbocycles. The van der Waals surface area contributed by atoms with Gasteiger partial charge >= 0.3 is 0 Å². The molecule has 1 unspecified atom stereocenters. The highest BCUT2D eigenvalue weighted by Crippen LogP contribution is 2.17. The second kappa shape index (κ2) is 8.94. The summed E-state index contributed by atoms with van der Waals surface area (Å²) in [5.41, 5.74) is 1.31. The highest BCUT2D eigenvalue weighted by atomic mass is 16.5. The van der Waals surface area contributed by atoms with Gasteiger partial charge in [-0.15, -0.1) is 0 Å². The van der Waals surface area contributed by atoms with Crippen molar-refractivity contribution in [3.63, 3.8) is 0 Å². The molecule has 1 aromatic carbocycles. The molecule has 1 rings (SSSR count). The third-order valence-electron chi connectivity index (χ3n) is 3.09. The Labute approximate surface area is 118 Å². The lowest BCUT2D eigenvalue weighted by Gasteiger charge is -2.16. The molecule has 1 atom stereocenters. The van der Waals surface area contributed by atoms with Crippen molar-refractivity contribution in [2.24, 2.45) is 0 Å². The molecule has 1 aromatic rings. The van der Waals surface area contributed by atoms with Crippen LogP contribution in [0.15, 0.2) is 24.3 Å². The van der Waals surface area contributed by atoms with E-state index in [0.717, 1.165) is 31.9 Å². The summed E-state index contributed by atoms with van der Waals surface area (Å²) < 4.78 is 5.59. The Morgan fingerprint density at radius 1 is 1.21 bits per heavy atom. The lowest BCUT2D eigenvalue weighted by molar-refractivity contribution is 0.317. The number of ether oxygens (including phenoxy) is 1. The largest absolute Gasteiger partial charge is 0.494 e. The van der Waals surface area contributed by atoms with Gasteiger partial charge in [0.25, 0.3) is 0 Å². The fourth-order valence-corrected chi connectivity index (χ4v) is 1.90. The second-order valence-corrected chi connectivity index (χ2v) is 5.25. The van der Waals surface area contributed by atoms with Crippen LogP contribution in [0.25, 0.3) is 0 Å². The van der Waals surface area contributed by atoms with E-state index in [9.17, 15) is 0 Å². The first-order valence-corrected chi connectivity index (χ1v) is 7.24. The maximum Gasteiger partial charge on any atom is 0.119 e. The van der Waals surface area contributed by atoms with Crippen molar-refractivity contribution in [3.05, 3.63) is 29.8 Å². The summed E-state index contributed by atoms with van der Waals surface area (Å²) in [5, 5.41) is 3.55. The number of benzene rings is 1. The van der Waals surface area contributed by atoms with Crippen molar-refractivity contribution in [2.45, 2.75) is 32.7 Å². The first-order valence-electron chi connectivity index (χ1n) is 7.24. The van der Waals surface area contributed by atoms with E-state index in [0.29, 0.717) is 6.04 Å². The van der Waals surface area contributed by atoms with E-state index < -0.39 is 0 Å². The Kier molecular flexibility index (Phi) is 7.53. The normalized spacial score (nSPS) is 12.7. The molecule has 0 heterocycles. The van der Waals surface area contributed by atoms with Gasteiger partial charge < -0.3 is 15.0 Å². The molecule has 0 aromatic heterocycles. The zero-order chi connectivity index (χ0) is 14.1. The van der Waals surface area contributed by atoms with Gasteiger partial charge in [0.15, 0.2) is 0 Å². The number of rotatable bonds is 9. The lowest BCUT2D eigenvalue weighted by Crippen LogP contribution is -2.23. The van der Waals surface area contributed by atoms with Crippen molar-refractivity contribution >= 4 is 0 Å². The molecule has 3 heteroatoms.